The van der Waals surface area contributed by atoms with E-state index in [1.807, 2.05) is 13.8 Å². The predicted molar refractivity (Wildman–Crippen MR) is 81.7 cm³/mol. The molecule has 0 saturated carbocycles. The van der Waals surface area contributed by atoms with Crippen molar-refractivity contribution in [2.45, 2.75) is 13.8 Å². The molecular formula is C13H12Br2FN3. The van der Waals surface area contributed by atoms with E-state index in [-0.39, 0.29) is 5.82 Å². The number of nitrogens with one attached hydrogen (secondary N) is 1. The van der Waals surface area contributed by atoms with Crippen molar-refractivity contribution in [1.82, 2.24) is 9.97 Å². The molecule has 2 rings (SSSR count). The summed E-state index contributed by atoms with van der Waals surface area (Å²) in [5.74, 6) is 0.890. The highest BCUT2D eigenvalue weighted by molar-refractivity contribution is 9.11. The molecule has 100 valence electrons. The minimum absolute atomic E-state index is 0.321. The number of anilines is 1. The van der Waals surface area contributed by atoms with Gasteiger partial charge in [-0.15, -0.1) is 0 Å². The van der Waals surface area contributed by atoms with Crippen molar-refractivity contribution in [1.29, 1.82) is 0 Å². The summed E-state index contributed by atoms with van der Waals surface area (Å²) in [6.45, 7) is 4.62. The second-order valence-corrected chi connectivity index (χ2v) is 5.69. The molecule has 0 amide bonds. The third kappa shape index (κ3) is 3.30. The van der Waals surface area contributed by atoms with Gasteiger partial charge in [0.05, 0.1) is 10.2 Å². The van der Waals surface area contributed by atoms with Gasteiger partial charge in [-0.1, -0.05) is 15.9 Å². The van der Waals surface area contributed by atoms with E-state index in [0.29, 0.717) is 21.7 Å². The lowest BCUT2D eigenvalue weighted by molar-refractivity contribution is 0.627. The van der Waals surface area contributed by atoms with E-state index in [9.17, 15) is 4.39 Å². The van der Waals surface area contributed by atoms with Crippen molar-refractivity contribution in [3.63, 3.8) is 0 Å². The summed E-state index contributed by atoms with van der Waals surface area (Å²) in [7, 11) is 0. The number of aryl methyl sites for hydroxylation is 1. The van der Waals surface area contributed by atoms with Crippen LogP contribution in [0.1, 0.15) is 12.6 Å². The maximum Gasteiger partial charge on any atom is 0.161 e. The smallest absolute Gasteiger partial charge is 0.161 e. The molecule has 1 aromatic heterocycles. The van der Waals surface area contributed by atoms with Gasteiger partial charge in [-0.2, -0.15) is 0 Å². The molecule has 6 heteroatoms. The van der Waals surface area contributed by atoms with Crippen LogP contribution in [0, 0.1) is 12.7 Å². The maximum atomic E-state index is 13.4. The summed E-state index contributed by atoms with van der Waals surface area (Å²) >= 11 is 6.72. The van der Waals surface area contributed by atoms with E-state index in [4.69, 9.17) is 0 Å². The molecule has 0 spiro atoms. The van der Waals surface area contributed by atoms with Gasteiger partial charge in [0.15, 0.2) is 5.82 Å². The Morgan fingerprint density at radius 1 is 1.21 bits per heavy atom. The maximum absolute atomic E-state index is 13.4. The van der Waals surface area contributed by atoms with E-state index in [2.05, 4.69) is 47.1 Å². The number of nitrogens with zero attached hydrogens (tertiary/aromatic N) is 2. The van der Waals surface area contributed by atoms with Crippen molar-refractivity contribution in [2.24, 2.45) is 0 Å². The molecule has 0 aliphatic carbocycles. The Balaban J connectivity index is 2.55. The van der Waals surface area contributed by atoms with Crippen molar-refractivity contribution >= 4 is 37.7 Å². The molecule has 0 bridgehead atoms. The summed E-state index contributed by atoms with van der Waals surface area (Å²) in [6, 6.07) is 4.62. The molecule has 1 N–H and O–H groups in total. The van der Waals surface area contributed by atoms with Crippen molar-refractivity contribution < 1.29 is 4.39 Å². The predicted octanol–water partition coefficient (Wildman–Crippen LogP) is 4.55. The fourth-order valence-corrected chi connectivity index (χ4v) is 2.44. The van der Waals surface area contributed by atoms with Crippen LogP contribution < -0.4 is 5.32 Å². The van der Waals surface area contributed by atoms with Gasteiger partial charge < -0.3 is 5.32 Å². The van der Waals surface area contributed by atoms with Gasteiger partial charge in [-0.25, -0.2) is 14.4 Å². The van der Waals surface area contributed by atoms with Crippen LogP contribution in [0.15, 0.2) is 27.1 Å². The van der Waals surface area contributed by atoms with E-state index < -0.39 is 0 Å². The molecule has 19 heavy (non-hydrogen) atoms. The van der Waals surface area contributed by atoms with E-state index in [1.165, 1.54) is 12.1 Å². The topological polar surface area (TPSA) is 37.8 Å². The Kier molecular flexibility index (Phi) is 4.52. The second-order valence-electron chi connectivity index (χ2n) is 3.98. The monoisotopic (exact) mass is 387 g/mol. The minimum atomic E-state index is -0.321. The number of hydrogen-bond acceptors (Lipinski definition) is 3. The number of hydrogen-bond donors (Lipinski definition) is 1. The van der Waals surface area contributed by atoms with Gasteiger partial charge >= 0.3 is 0 Å². The Hall–Kier alpha value is -1.01. The van der Waals surface area contributed by atoms with Crippen molar-refractivity contribution in [3.05, 3.63) is 38.7 Å². The van der Waals surface area contributed by atoms with Gasteiger partial charge in [0.25, 0.3) is 0 Å². The fraction of sp³-hybridized carbons (Fsp3) is 0.231. The zero-order valence-electron chi connectivity index (χ0n) is 10.5. The third-order valence-corrected chi connectivity index (χ3v) is 3.89. The van der Waals surface area contributed by atoms with Crippen LogP contribution in [0.3, 0.4) is 0 Å². The Bertz CT molecular complexity index is 597. The third-order valence-electron chi connectivity index (χ3n) is 2.48. The summed E-state index contributed by atoms with van der Waals surface area (Å²) in [5, 5.41) is 3.15. The highest BCUT2D eigenvalue weighted by Gasteiger charge is 2.11. The van der Waals surface area contributed by atoms with Gasteiger partial charge in [0, 0.05) is 16.6 Å². The SMILES string of the molecule is CCNc1nc(-c2cc(F)cc(Br)c2)nc(C)c1Br. The molecule has 0 saturated heterocycles. The molecule has 0 radical (unpaired) electrons. The molecule has 2 aromatic rings. The lowest BCUT2D eigenvalue weighted by atomic mass is 10.2. The van der Waals surface area contributed by atoms with Crippen LogP contribution in [0.2, 0.25) is 0 Å². The highest BCUT2D eigenvalue weighted by Crippen LogP contribution is 2.28. The van der Waals surface area contributed by atoms with E-state index >= 15 is 0 Å². The summed E-state index contributed by atoms with van der Waals surface area (Å²) in [4.78, 5) is 8.80. The van der Waals surface area contributed by atoms with E-state index in [1.54, 1.807) is 6.07 Å². The van der Waals surface area contributed by atoms with Gasteiger partial charge in [0.2, 0.25) is 0 Å². The highest BCUT2D eigenvalue weighted by atomic mass is 79.9. The average molecular weight is 389 g/mol. The first-order chi connectivity index (χ1) is 9.01. The molecular weight excluding hydrogens is 377 g/mol. The molecule has 0 unspecified atom stereocenters. The van der Waals surface area contributed by atoms with E-state index in [0.717, 1.165) is 16.7 Å². The quantitative estimate of drug-likeness (QED) is 0.838. The lowest BCUT2D eigenvalue weighted by Crippen LogP contribution is -2.04. The lowest BCUT2D eigenvalue weighted by Gasteiger charge is -2.10. The normalized spacial score (nSPS) is 10.6. The van der Waals surface area contributed by atoms with Gasteiger partial charge in [0.1, 0.15) is 11.6 Å². The largest absolute Gasteiger partial charge is 0.369 e. The van der Waals surface area contributed by atoms with Crippen LogP contribution in [0.5, 0.6) is 0 Å². The van der Waals surface area contributed by atoms with Crippen LogP contribution in [-0.4, -0.2) is 16.5 Å². The van der Waals surface area contributed by atoms with Crippen LogP contribution in [0.4, 0.5) is 10.2 Å². The second kappa shape index (κ2) is 5.96. The van der Waals surface area contributed by atoms with Crippen LogP contribution >= 0.6 is 31.9 Å². The van der Waals surface area contributed by atoms with Crippen molar-refractivity contribution in [2.75, 3.05) is 11.9 Å². The molecule has 0 fully saturated rings. The zero-order chi connectivity index (χ0) is 14.0. The summed E-state index contributed by atoms with van der Waals surface area (Å²) in [5.41, 5.74) is 1.45. The average Bonchev–Trinajstić information content (AvgIpc) is 2.33. The molecule has 0 aliphatic rings. The number of aromatic nitrogens is 2. The van der Waals surface area contributed by atoms with Crippen LogP contribution in [0.25, 0.3) is 11.4 Å². The zero-order valence-corrected chi connectivity index (χ0v) is 13.6. The van der Waals surface area contributed by atoms with Crippen molar-refractivity contribution in [3.8, 4) is 11.4 Å². The van der Waals surface area contributed by atoms with Gasteiger partial charge in [-0.3, -0.25) is 0 Å². The Labute approximate surface area is 127 Å². The fourth-order valence-electron chi connectivity index (χ4n) is 1.66. The number of benzene rings is 1. The summed E-state index contributed by atoms with van der Waals surface area (Å²) < 4.78 is 14.9. The number of halogens is 3. The summed E-state index contributed by atoms with van der Waals surface area (Å²) in [6.07, 6.45) is 0. The first kappa shape index (κ1) is 14.4. The molecule has 1 aromatic carbocycles. The molecule has 1 heterocycles. The number of rotatable bonds is 3. The standard InChI is InChI=1S/C13H12Br2FN3/c1-3-17-13-11(15)7(2)18-12(19-13)8-4-9(14)6-10(16)5-8/h4-6H,3H2,1-2H3,(H,17,18,19). The Morgan fingerprint density at radius 3 is 2.58 bits per heavy atom. The van der Waals surface area contributed by atoms with Gasteiger partial charge in [-0.05, 0) is 48.0 Å². The van der Waals surface area contributed by atoms with Crippen LogP contribution in [-0.2, 0) is 0 Å². The first-order valence-electron chi connectivity index (χ1n) is 5.75. The molecule has 0 atom stereocenters. The minimum Gasteiger partial charge on any atom is -0.369 e. The Morgan fingerprint density at radius 2 is 1.95 bits per heavy atom. The first-order valence-corrected chi connectivity index (χ1v) is 7.34. The molecule has 0 aliphatic heterocycles. The molecule has 3 nitrogen and oxygen atoms in total.